The second kappa shape index (κ2) is 7.45. The Kier molecular flexibility index (Phi) is 5.81. The molecule has 128 valence electrons. The molecule has 0 spiro atoms. The first-order valence-electron chi connectivity index (χ1n) is 8.21. The van der Waals surface area contributed by atoms with Crippen LogP contribution in [0, 0.1) is 0 Å². The lowest BCUT2D eigenvalue weighted by molar-refractivity contribution is 0.0905. The average Bonchev–Trinajstić information content (AvgIpc) is 2.55. The minimum absolute atomic E-state index is 0.138. The molecule has 1 fully saturated rings. The molecule has 1 aliphatic heterocycles. The Balaban J connectivity index is 2.03. The Morgan fingerprint density at radius 2 is 1.96 bits per heavy atom. The summed E-state index contributed by atoms with van der Waals surface area (Å²) in [5.41, 5.74) is 0.501. The summed E-state index contributed by atoms with van der Waals surface area (Å²) in [5.74, 6) is -0.138. The molecule has 0 unspecified atom stereocenters. The maximum Gasteiger partial charge on any atom is 0.251 e. The number of likely N-dealkylation sites (N-methyl/N-ethyl adjacent to an activating group) is 1. The van der Waals surface area contributed by atoms with Gasteiger partial charge in [-0.1, -0.05) is 6.92 Å². The van der Waals surface area contributed by atoms with E-state index >= 15 is 0 Å². The van der Waals surface area contributed by atoms with Crippen LogP contribution in [0.3, 0.4) is 0 Å². The van der Waals surface area contributed by atoms with Crippen LogP contribution in [0.4, 0.5) is 0 Å². The van der Waals surface area contributed by atoms with Crippen LogP contribution in [0.15, 0.2) is 29.2 Å². The van der Waals surface area contributed by atoms with E-state index in [0.717, 1.165) is 32.5 Å². The van der Waals surface area contributed by atoms with Crippen molar-refractivity contribution in [3.8, 4) is 0 Å². The number of amides is 1. The Hall–Kier alpha value is -1.40. The SMILES string of the molecule is CCN1CCC[C@H](NC(=O)c2ccc(S(=O)(=O)C(C)C)cc2)C1. The predicted molar refractivity (Wildman–Crippen MR) is 91.4 cm³/mol. The van der Waals surface area contributed by atoms with Gasteiger partial charge in [0, 0.05) is 18.2 Å². The molecule has 1 saturated heterocycles. The van der Waals surface area contributed by atoms with E-state index in [-0.39, 0.29) is 16.8 Å². The van der Waals surface area contributed by atoms with Crippen molar-refractivity contribution >= 4 is 15.7 Å². The van der Waals surface area contributed by atoms with Gasteiger partial charge >= 0.3 is 0 Å². The summed E-state index contributed by atoms with van der Waals surface area (Å²) in [5, 5.41) is 2.58. The molecule has 1 amide bonds. The lowest BCUT2D eigenvalue weighted by Crippen LogP contribution is -2.47. The van der Waals surface area contributed by atoms with Crippen molar-refractivity contribution in [2.24, 2.45) is 0 Å². The second-order valence-corrected chi connectivity index (χ2v) is 8.83. The zero-order valence-electron chi connectivity index (χ0n) is 14.1. The molecule has 1 heterocycles. The minimum Gasteiger partial charge on any atom is -0.348 e. The molecule has 1 N–H and O–H groups in total. The lowest BCUT2D eigenvalue weighted by atomic mass is 10.1. The van der Waals surface area contributed by atoms with Crippen molar-refractivity contribution in [2.45, 2.75) is 49.8 Å². The van der Waals surface area contributed by atoms with Gasteiger partial charge in [0.1, 0.15) is 0 Å². The van der Waals surface area contributed by atoms with Crippen LogP contribution in [0.25, 0.3) is 0 Å². The third-order valence-corrected chi connectivity index (χ3v) is 6.52. The van der Waals surface area contributed by atoms with E-state index in [1.54, 1.807) is 26.0 Å². The van der Waals surface area contributed by atoms with E-state index in [1.807, 2.05) is 0 Å². The summed E-state index contributed by atoms with van der Waals surface area (Å²) in [4.78, 5) is 14.9. The zero-order valence-corrected chi connectivity index (χ0v) is 14.9. The van der Waals surface area contributed by atoms with Gasteiger partial charge in [-0.3, -0.25) is 4.79 Å². The number of hydrogen-bond acceptors (Lipinski definition) is 4. The highest BCUT2D eigenvalue weighted by molar-refractivity contribution is 7.92. The molecule has 5 nitrogen and oxygen atoms in total. The largest absolute Gasteiger partial charge is 0.348 e. The molecule has 0 saturated carbocycles. The molecule has 1 aliphatic rings. The number of likely N-dealkylation sites (tertiary alicyclic amines) is 1. The number of sulfone groups is 1. The van der Waals surface area contributed by atoms with E-state index in [0.29, 0.717) is 5.56 Å². The van der Waals surface area contributed by atoms with E-state index in [1.165, 1.54) is 12.1 Å². The molecule has 1 aromatic rings. The summed E-state index contributed by atoms with van der Waals surface area (Å²) in [6.45, 7) is 8.38. The molecule has 0 aliphatic carbocycles. The Morgan fingerprint density at radius 3 is 2.52 bits per heavy atom. The highest BCUT2D eigenvalue weighted by atomic mass is 32.2. The monoisotopic (exact) mass is 338 g/mol. The van der Waals surface area contributed by atoms with Gasteiger partial charge in [-0.05, 0) is 64.0 Å². The fourth-order valence-corrected chi connectivity index (χ4v) is 3.86. The maximum atomic E-state index is 12.3. The molecule has 0 bridgehead atoms. The van der Waals surface area contributed by atoms with Gasteiger partial charge in [0.05, 0.1) is 10.1 Å². The van der Waals surface area contributed by atoms with Crippen LogP contribution in [-0.4, -0.2) is 50.2 Å². The average molecular weight is 338 g/mol. The fraction of sp³-hybridized carbons (Fsp3) is 0.588. The van der Waals surface area contributed by atoms with Gasteiger partial charge in [0.25, 0.3) is 5.91 Å². The number of nitrogens with one attached hydrogen (secondary N) is 1. The highest BCUT2D eigenvalue weighted by Crippen LogP contribution is 2.17. The van der Waals surface area contributed by atoms with Crippen LogP contribution >= 0.6 is 0 Å². The van der Waals surface area contributed by atoms with Gasteiger partial charge < -0.3 is 10.2 Å². The van der Waals surface area contributed by atoms with Crippen LogP contribution in [0.1, 0.15) is 44.0 Å². The third-order valence-electron chi connectivity index (χ3n) is 4.35. The van der Waals surface area contributed by atoms with Gasteiger partial charge in [0.2, 0.25) is 0 Å². The van der Waals surface area contributed by atoms with E-state index < -0.39 is 15.1 Å². The first-order valence-corrected chi connectivity index (χ1v) is 9.76. The molecule has 6 heteroatoms. The number of carbonyl (C=O) groups excluding carboxylic acids is 1. The summed E-state index contributed by atoms with van der Waals surface area (Å²) >= 11 is 0. The quantitative estimate of drug-likeness (QED) is 0.893. The smallest absolute Gasteiger partial charge is 0.251 e. The molecular weight excluding hydrogens is 312 g/mol. The van der Waals surface area contributed by atoms with Gasteiger partial charge in [0.15, 0.2) is 9.84 Å². The normalized spacial score (nSPS) is 19.7. The fourth-order valence-electron chi connectivity index (χ4n) is 2.80. The second-order valence-electron chi connectivity index (χ2n) is 6.32. The van der Waals surface area contributed by atoms with Gasteiger partial charge in [-0.25, -0.2) is 8.42 Å². The lowest BCUT2D eigenvalue weighted by Gasteiger charge is -2.32. The molecule has 23 heavy (non-hydrogen) atoms. The molecule has 1 aromatic carbocycles. The van der Waals surface area contributed by atoms with E-state index in [9.17, 15) is 13.2 Å². The topological polar surface area (TPSA) is 66.5 Å². The molecule has 0 aromatic heterocycles. The number of hydrogen-bond donors (Lipinski definition) is 1. The van der Waals surface area contributed by atoms with Gasteiger partial charge in [-0.15, -0.1) is 0 Å². The summed E-state index contributed by atoms with van der Waals surface area (Å²) in [7, 11) is -3.30. The van der Waals surface area contributed by atoms with Crippen molar-refractivity contribution < 1.29 is 13.2 Å². The van der Waals surface area contributed by atoms with Crippen molar-refractivity contribution in [3.63, 3.8) is 0 Å². The highest BCUT2D eigenvalue weighted by Gasteiger charge is 2.22. The predicted octanol–water partition coefficient (Wildman–Crippen LogP) is 2.08. The molecular formula is C17H26N2O3S. The van der Waals surface area contributed by atoms with Crippen molar-refractivity contribution in [1.82, 2.24) is 10.2 Å². The van der Waals surface area contributed by atoms with Crippen LogP contribution in [0.5, 0.6) is 0 Å². The molecule has 1 atom stereocenters. The number of benzene rings is 1. The zero-order chi connectivity index (χ0) is 17.0. The third kappa shape index (κ3) is 4.32. The van der Waals surface area contributed by atoms with Crippen LogP contribution < -0.4 is 5.32 Å². The van der Waals surface area contributed by atoms with Crippen molar-refractivity contribution in [3.05, 3.63) is 29.8 Å². The number of carbonyl (C=O) groups is 1. The van der Waals surface area contributed by atoms with E-state index in [4.69, 9.17) is 0 Å². The summed E-state index contributed by atoms with van der Waals surface area (Å²) < 4.78 is 24.2. The van der Waals surface area contributed by atoms with Crippen molar-refractivity contribution in [1.29, 1.82) is 0 Å². The Morgan fingerprint density at radius 1 is 1.30 bits per heavy atom. The van der Waals surface area contributed by atoms with E-state index in [2.05, 4.69) is 17.1 Å². The van der Waals surface area contributed by atoms with Crippen LogP contribution in [0.2, 0.25) is 0 Å². The summed E-state index contributed by atoms with van der Waals surface area (Å²) in [6, 6.07) is 6.37. The number of nitrogens with zero attached hydrogens (tertiary/aromatic N) is 1. The van der Waals surface area contributed by atoms with Gasteiger partial charge in [-0.2, -0.15) is 0 Å². The first-order chi connectivity index (χ1) is 10.8. The Labute approximate surface area is 139 Å². The van der Waals surface area contributed by atoms with Crippen molar-refractivity contribution in [2.75, 3.05) is 19.6 Å². The number of piperidine rings is 1. The molecule has 0 radical (unpaired) electrons. The number of rotatable bonds is 5. The standard InChI is InChI=1S/C17H26N2O3S/c1-4-19-11-5-6-15(12-19)18-17(20)14-7-9-16(10-8-14)23(21,22)13(2)3/h7-10,13,15H,4-6,11-12H2,1-3H3,(H,18,20)/t15-/m0/s1. The molecule has 2 rings (SSSR count). The Bertz CT molecular complexity index is 638. The maximum absolute atomic E-state index is 12.3. The minimum atomic E-state index is -3.30. The first kappa shape index (κ1) is 17.9. The summed E-state index contributed by atoms with van der Waals surface area (Å²) in [6.07, 6.45) is 2.08. The van der Waals surface area contributed by atoms with Crippen LogP contribution in [-0.2, 0) is 9.84 Å².